The molecule has 1 unspecified atom stereocenters. The molecule has 0 aromatic rings. The maximum absolute atomic E-state index is 12.1. The smallest absolute Gasteiger partial charge is 0.328 e. The van der Waals surface area contributed by atoms with E-state index < -0.39 is 12.0 Å². The van der Waals surface area contributed by atoms with Crippen LogP contribution >= 0.6 is 0 Å². The number of carboxylic acid groups (broad SMARTS) is 1. The minimum Gasteiger partial charge on any atom is -0.480 e. The molecule has 19 heavy (non-hydrogen) atoms. The quantitative estimate of drug-likeness (QED) is 0.805. The Hall–Kier alpha value is -1.30. The fourth-order valence-corrected chi connectivity index (χ4v) is 1.66. The van der Waals surface area contributed by atoms with E-state index in [4.69, 9.17) is 9.84 Å². The van der Waals surface area contributed by atoms with Crippen LogP contribution in [0.4, 0.5) is 4.79 Å². The van der Waals surface area contributed by atoms with Crippen molar-refractivity contribution in [2.24, 2.45) is 11.3 Å². The molecule has 0 aromatic carbocycles. The first-order valence-electron chi connectivity index (χ1n) is 6.60. The van der Waals surface area contributed by atoms with Gasteiger partial charge in [0.1, 0.15) is 0 Å². The molecule has 0 bridgehead atoms. The van der Waals surface area contributed by atoms with Gasteiger partial charge < -0.3 is 20.1 Å². The third-order valence-corrected chi connectivity index (χ3v) is 3.93. The molecular formula is C13H24N2O4. The Bertz CT molecular complexity index is 342. The van der Waals surface area contributed by atoms with E-state index >= 15 is 0 Å². The molecule has 1 heterocycles. The molecule has 0 aromatic heterocycles. The van der Waals surface area contributed by atoms with Gasteiger partial charge in [-0.15, -0.1) is 0 Å². The largest absolute Gasteiger partial charge is 0.480 e. The topological polar surface area (TPSA) is 78.9 Å². The molecule has 0 radical (unpaired) electrons. The summed E-state index contributed by atoms with van der Waals surface area (Å²) >= 11 is 0. The molecule has 0 spiro atoms. The number of hydrogen-bond donors (Lipinski definition) is 2. The molecule has 1 fully saturated rings. The zero-order valence-electron chi connectivity index (χ0n) is 12.1. The fourth-order valence-electron chi connectivity index (χ4n) is 1.66. The molecule has 2 amide bonds. The molecule has 2 N–H and O–H groups in total. The Morgan fingerprint density at radius 1 is 1.47 bits per heavy atom. The van der Waals surface area contributed by atoms with E-state index in [1.54, 1.807) is 0 Å². The predicted octanol–water partition coefficient (Wildman–Crippen LogP) is 1.16. The maximum Gasteiger partial charge on any atom is 0.328 e. The highest BCUT2D eigenvalue weighted by atomic mass is 16.5. The number of carbonyl (C=O) groups excluding carboxylic acids is 1. The molecule has 0 aliphatic carbocycles. The van der Waals surface area contributed by atoms with E-state index in [9.17, 15) is 9.59 Å². The second-order valence-corrected chi connectivity index (χ2v) is 5.92. The number of ether oxygens (including phenoxy) is 1. The average molecular weight is 272 g/mol. The van der Waals surface area contributed by atoms with Crippen molar-refractivity contribution in [3.63, 3.8) is 0 Å². The lowest BCUT2D eigenvalue weighted by atomic mass is 9.81. The number of urea groups is 1. The zero-order valence-corrected chi connectivity index (χ0v) is 12.1. The molecule has 1 aliphatic rings. The van der Waals surface area contributed by atoms with Crippen molar-refractivity contribution in [3.05, 3.63) is 0 Å². The highest BCUT2D eigenvalue weighted by molar-refractivity contribution is 5.83. The Morgan fingerprint density at radius 3 is 2.63 bits per heavy atom. The predicted molar refractivity (Wildman–Crippen MR) is 71.0 cm³/mol. The van der Waals surface area contributed by atoms with Crippen molar-refractivity contribution in [2.75, 3.05) is 26.3 Å². The molecule has 1 aliphatic heterocycles. The number of nitrogens with zero attached hydrogens (tertiary/aromatic N) is 1. The van der Waals surface area contributed by atoms with Crippen molar-refractivity contribution >= 4 is 12.0 Å². The maximum atomic E-state index is 12.1. The summed E-state index contributed by atoms with van der Waals surface area (Å²) in [6.07, 6.45) is 0. The van der Waals surface area contributed by atoms with Crippen LogP contribution in [0, 0.1) is 11.3 Å². The summed E-state index contributed by atoms with van der Waals surface area (Å²) < 4.78 is 5.10. The van der Waals surface area contributed by atoms with Crippen LogP contribution in [0.25, 0.3) is 0 Å². The van der Waals surface area contributed by atoms with E-state index in [0.29, 0.717) is 25.6 Å². The number of nitrogens with one attached hydrogen (secondary N) is 1. The van der Waals surface area contributed by atoms with E-state index in [1.807, 2.05) is 0 Å². The van der Waals surface area contributed by atoms with Crippen molar-refractivity contribution in [1.82, 2.24) is 10.2 Å². The summed E-state index contributed by atoms with van der Waals surface area (Å²) in [7, 11) is 0. The summed E-state index contributed by atoms with van der Waals surface area (Å²) in [4.78, 5) is 24.5. The highest BCUT2D eigenvalue weighted by Crippen LogP contribution is 2.24. The first kappa shape index (κ1) is 15.8. The fraction of sp³-hybridized carbons (Fsp3) is 0.846. The van der Waals surface area contributed by atoms with Gasteiger partial charge >= 0.3 is 12.0 Å². The molecule has 1 atom stereocenters. The SMILES string of the molecule is CC(C)C(C)(C)CNC(=O)N1CCOCC1C(=O)O. The van der Waals surface area contributed by atoms with Crippen molar-refractivity contribution in [2.45, 2.75) is 33.7 Å². The van der Waals surface area contributed by atoms with Gasteiger partial charge in [0, 0.05) is 13.1 Å². The van der Waals surface area contributed by atoms with Crippen molar-refractivity contribution in [1.29, 1.82) is 0 Å². The number of rotatable bonds is 4. The van der Waals surface area contributed by atoms with E-state index in [2.05, 4.69) is 33.0 Å². The van der Waals surface area contributed by atoms with Crippen LogP contribution in [0.15, 0.2) is 0 Å². The van der Waals surface area contributed by atoms with Crippen LogP contribution in [0.1, 0.15) is 27.7 Å². The number of carbonyl (C=O) groups is 2. The van der Waals surface area contributed by atoms with Gasteiger partial charge in [0.15, 0.2) is 6.04 Å². The molecule has 0 saturated carbocycles. The summed E-state index contributed by atoms with van der Waals surface area (Å²) in [5, 5.41) is 11.9. The zero-order chi connectivity index (χ0) is 14.6. The molecule has 110 valence electrons. The first-order chi connectivity index (χ1) is 8.75. The van der Waals surface area contributed by atoms with Gasteiger partial charge in [0.05, 0.1) is 13.2 Å². The van der Waals surface area contributed by atoms with E-state index in [1.165, 1.54) is 4.90 Å². The minimum atomic E-state index is -1.03. The average Bonchev–Trinajstić information content (AvgIpc) is 2.35. The van der Waals surface area contributed by atoms with E-state index in [-0.39, 0.29) is 18.1 Å². The summed E-state index contributed by atoms with van der Waals surface area (Å²) in [5.74, 6) is -0.606. The number of morpholine rings is 1. The second-order valence-electron chi connectivity index (χ2n) is 5.92. The number of aliphatic carboxylic acids is 1. The van der Waals surface area contributed by atoms with Crippen LogP contribution in [-0.2, 0) is 9.53 Å². The van der Waals surface area contributed by atoms with Gasteiger partial charge in [0.2, 0.25) is 0 Å². The van der Waals surface area contributed by atoms with E-state index in [0.717, 1.165) is 0 Å². The van der Waals surface area contributed by atoms with Crippen LogP contribution in [0.2, 0.25) is 0 Å². The van der Waals surface area contributed by atoms with Gasteiger partial charge in [-0.1, -0.05) is 27.7 Å². The minimum absolute atomic E-state index is 0.0271. The van der Waals surface area contributed by atoms with Crippen LogP contribution < -0.4 is 5.32 Å². The Balaban J connectivity index is 2.59. The summed E-state index contributed by atoms with van der Waals surface area (Å²) in [5.41, 5.74) is -0.0271. The van der Waals surface area contributed by atoms with Crippen LogP contribution in [0.5, 0.6) is 0 Å². The lowest BCUT2D eigenvalue weighted by molar-refractivity contribution is -0.147. The Morgan fingerprint density at radius 2 is 2.11 bits per heavy atom. The van der Waals surface area contributed by atoms with Gasteiger partial charge in [-0.25, -0.2) is 9.59 Å². The highest BCUT2D eigenvalue weighted by Gasteiger charge is 2.33. The molecular weight excluding hydrogens is 248 g/mol. The molecule has 1 saturated heterocycles. The number of hydrogen-bond acceptors (Lipinski definition) is 3. The van der Waals surface area contributed by atoms with Crippen LogP contribution in [-0.4, -0.2) is 54.4 Å². The lowest BCUT2D eigenvalue weighted by Gasteiger charge is -2.35. The Labute approximate surface area is 114 Å². The third kappa shape index (κ3) is 4.09. The summed E-state index contributed by atoms with van der Waals surface area (Å²) in [6, 6.07) is -1.22. The number of amides is 2. The Kier molecular flexibility index (Phi) is 5.17. The first-order valence-corrected chi connectivity index (χ1v) is 6.60. The standard InChI is InChI=1S/C13H24N2O4/c1-9(2)13(3,4)8-14-12(18)15-5-6-19-7-10(15)11(16)17/h9-10H,5-8H2,1-4H3,(H,14,18)(H,16,17). The molecule has 6 heteroatoms. The summed E-state index contributed by atoms with van der Waals surface area (Å²) in [6.45, 7) is 9.61. The van der Waals surface area contributed by atoms with Crippen molar-refractivity contribution in [3.8, 4) is 0 Å². The van der Waals surface area contributed by atoms with Gasteiger partial charge in [0.25, 0.3) is 0 Å². The third-order valence-electron chi connectivity index (χ3n) is 3.93. The van der Waals surface area contributed by atoms with Crippen molar-refractivity contribution < 1.29 is 19.4 Å². The van der Waals surface area contributed by atoms with Gasteiger partial charge in [-0.05, 0) is 11.3 Å². The van der Waals surface area contributed by atoms with Crippen LogP contribution in [0.3, 0.4) is 0 Å². The molecule has 1 rings (SSSR count). The second kappa shape index (κ2) is 6.23. The normalized spacial score (nSPS) is 20.5. The lowest BCUT2D eigenvalue weighted by Crippen LogP contribution is -2.56. The monoisotopic (exact) mass is 272 g/mol. The van der Waals surface area contributed by atoms with Gasteiger partial charge in [-0.2, -0.15) is 0 Å². The van der Waals surface area contributed by atoms with Gasteiger partial charge in [-0.3, -0.25) is 0 Å². The molecule has 6 nitrogen and oxygen atoms in total. The number of carboxylic acids is 1.